The number of aliphatic hydroxyl groups is 2. The fourth-order valence-corrected chi connectivity index (χ4v) is 3.11. The molecule has 25 heavy (non-hydrogen) atoms. The number of benzene rings is 2. The van der Waals surface area contributed by atoms with Crippen LogP contribution in [0.5, 0.6) is 5.75 Å². The molecule has 2 N–H and O–H groups in total. The van der Waals surface area contributed by atoms with Crippen LogP contribution in [0.3, 0.4) is 0 Å². The van der Waals surface area contributed by atoms with Crippen LogP contribution in [-0.4, -0.2) is 40.4 Å². The summed E-state index contributed by atoms with van der Waals surface area (Å²) in [7, 11) is 0. The van der Waals surface area contributed by atoms with Crippen molar-refractivity contribution in [3.05, 3.63) is 65.2 Å². The average molecular weight is 349 g/mol. The first kappa shape index (κ1) is 17.8. The van der Waals surface area contributed by atoms with Crippen LogP contribution < -0.4 is 4.74 Å². The van der Waals surface area contributed by atoms with Crippen LogP contribution >= 0.6 is 0 Å². The molecule has 1 aliphatic heterocycles. The summed E-state index contributed by atoms with van der Waals surface area (Å²) in [5.41, 5.74) is 1.26. The van der Waals surface area contributed by atoms with E-state index in [0.29, 0.717) is 25.3 Å². The molecule has 1 fully saturated rings. The van der Waals surface area contributed by atoms with Gasteiger partial charge in [-0.3, -0.25) is 4.90 Å². The smallest absolute Gasteiger partial charge is 0.132 e. The van der Waals surface area contributed by atoms with Crippen molar-refractivity contribution in [2.24, 2.45) is 0 Å². The highest BCUT2D eigenvalue weighted by Crippen LogP contribution is 2.23. The van der Waals surface area contributed by atoms with Crippen molar-refractivity contribution in [1.82, 2.24) is 4.90 Å². The molecule has 0 saturated carbocycles. The number of aliphatic hydroxyl groups excluding tert-OH is 2. The highest BCUT2D eigenvalue weighted by molar-refractivity contribution is 5.29. The average Bonchev–Trinajstić information content (AvgIpc) is 2.94. The van der Waals surface area contributed by atoms with Gasteiger partial charge in [0.15, 0.2) is 0 Å². The minimum Gasteiger partial charge on any atom is -0.489 e. The Kier molecular flexibility index (Phi) is 5.63. The van der Waals surface area contributed by atoms with Crippen molar-refractivity contribution < 1.29 is 23.7 Å². The molecule has 0 amide bonds. The van der Waals surface area contributed by atoms with E-state index in [2.05, 4.69) is 0 Å². The molecule has 0 radical (unpaired) electrons. The number of rotatable bonds is 6. The Morgan fingerprint density at radius 1 is 1.16 bits per heavy atom. The Labute approximate surface area is 145 Å². The molecule has 2 unspecified atom stereocenters. The van der Waals surface area contributed by atoms with E-state index in [9.17, 15) is 19.0 Å². The second-order valence-corrected chi connectivity index (χ2v) is 6.33. The second-order valence-electron chi connectivity index (χ2n) is 6.33. The van der Waals surface area contributed by atoms with Gasteiger partial charge in [0.05, 0.1) is 12.7 Å². The summed E-state index contributed by atoms with van der Waals surface area (Å²) in [6.07, 6.45) is 0.148. The Balaban J connectivity index is 1.63. The Morgan fingerprint density at radius 3 is 2.76 bits per heavy atom. The molecule has 2 aromatic rings. The first-order chi connectivity index (χ1) is 12.0. The van der Waals surface area contributed by atoms with Gasteiger partial charge in [-0.25, -0.2) is 8.78 Å². The molecular weight excluding hydrogens is 328 g/mol. The molecule has 134 valence electrons. The van der Waals surface area contributed by atoms with Crippen LogP contribution in [0.25, 0.3) is 0 Å². The molecule has 1 aliphatic rings. The van der Waals surface area contributed by atoms with E-state index >= 15 is 0 Å². The van der Waals surface area contributed by atoms with Crippen LogP contribution in [0.2, 0.25) is 0 Å². The SMILES string of the molecule is OCC1CC(O)CN1Cc1cccc(OCc2ccc(F)cc2F)c1. The molecule has 0 aromatic heterocycles. The fraction of sp³-hybridized carbons (Fsp3) is 0.368. The van der Waals surface area contributed by atoms with Crippen molar-refractivity contribution in [2.45, 2.75) is 31.7 Å². The molecule has 0 bridgehead atoms. The molecule has 0 spiro atoms. The zero-order valence-electron chi connectivity index (χ0n) is 13.7. The van der Waals surface area contributed by atoms with E-state index in [4.69, 9.17) is 4.74 Å². The van der Waals surface area contributed by atoms with Gasteiger partial charge in [0, 0.05) is 30.8 Å². The van der Waals surface area contributed by atoms with E-state index in [1.165, 1.54) is 12.1 Å². The van der Waals surface area contributed by atoms with Gasteiger partial charge in [-0.15, -0.1) is 0 Å². The third kappa shape index (κ3) is 4.54. The van der Waals surface area contributed by atoms with Gasteiger partial charge in [-0.1, -0.05) is 12.1 Å². The third-order valence-electron chi connectivity index (χ3n) is 4.41. The maximum absolute atomic E-state index is 13.6. The molecule has 1 heterocycles. The van der Waals surface area contributed by atoms with E-state index < -0.39 is 17.7 Å². The molecule has 6 heteroatoms. The van der Waals surface area contributed by atoms with Crippen molar-refractivity contribution in [2.75, 3.05) is 13.2 Å². The summed E-state index contributed by atoms with van der Waals surface area (Å²) < 4.78 is 32.2. The number of halogens is 2. The topological polar surface area (TPSA) is 52.9 Å². The summed E-state index contributed by atoms with van der Waals surface area (Å²) in [5, 5.41) is 19.2. The van der Waals surface area contributed by atoms with Crippen LogP contribution in [0.4, 0.5) is 8.78 Å². The van der Waals surface area contributed by atoms with Crippen molar-refractivity contribution in [1.29, 1.82) is 0 Å². The van der Waals surface area contributed by atoms with Crippen LogP contribution in [0.15, 0.2) is 42.5 Å². The van der Waals surface area contributed by atoms with Gasteiger partial charge in [0.2, 0.25) is 0 Å². The largest absolute Gasteiger partial charge is 0.489 e. The van der Waals surface area contributed by atoms with Crippen LogP contribution in [0.1, 0.15) is 17.5 Å². The molecule has 3 rings (SSSR count). The molecule has 2 aromatic carbocycles. The third-order valence-corrected chi connectivity index (χ3v) is 4.41. The minimum absolute atomic E-state index is 0.0110. The number of nitrogens with zero attached hydrogens (tertiary/aromatic N) is 1. The fourth-order valence-electron chi connectivity index (χ4n) is 3.11. The minimum atomic E-state index is -0.631. The summed E-state index contributed by atoms with van der Waals surface area (Å²) in [5.74, 6) is -0.663. The van der Waals surface area contributed by atoms with E-state index in [-0.39, 0.29) is 24.8 Å². The number of hydrogen-bond donors (Lipinski definition) is 2. The summed E-state index contributed by atoms with van der Waals surface area (Å²) in [6, 6.07) is 10.7. The van der Waals surface area contributed by atoms with Gasteiger partial charge in [0.25, 0.3) is 0 Å². The summed E-state index contributed by atoms with van der Waals surface area (Å²) in [4.78, 5) is 2.03. The summed E-state index contributed by atoms with van der Waals surface area (Å²) >= 11 is 0. The van der Waals surface area contributed by atoms with Gasteiger partial charge < -0.3 is 14.9 Å². The molecule has 4 nitrogen and oxygen atoms in total. The van der Waals surface area contributed by atoms with Gasteiger partial charge in [-0.2, -0.15) is 0 Å². The molecule has 1 saturated heterocycles. The lowest BCUT2D eigenvalue weighted by Gasteiger charge is -2.22. The van der Waals surface area contributed by atoms with Crippen molar-refractivity contribution in [3.63, 3.8) is 0 Å². The Hall–Kier alpha value is -2.02. The Bertz CT molecular complexity index is 726. The first-order valence-electron chi connectivity index (χ1n) is 8.24. The lowest BCUT2D eigenvalue weighted by Crippen LogP contribution is -2.31. The number of hydrogen-bond acceptors (Lipinski definition) is 4. The normalized spacial score (nSPS) is 20.8. The van der Waals surface area contributed by atoms with E-state index in [1.54, 1.807) is 6.07 Å². The highest BCUT2D eigenvalue weighted by Gasteiger charge is 2.30. The second kappa shape index (κ2) is 7.91. The molecule has 0 aliphatic carbocycles. The lowest BCUT2D eigenvalue weighted by molar-refractivity contribution is 0.150. The maximum atomic E-state index is 13.6. The highest BCUT2D eigenvalue weighted by atomic mass is 19.1. The molecule has 2 atom stereocenters. The molecular formula is C19H21F2NO3. The quantitative estimate of drug-likeness (QED) is 0.841. The van der Waals surface area contributed by atoms with E-state index in [0.717, 1.165) is 11.6 Å². The van der Waals surface area contributed by atoms with Crippen LogP contribution in [-0.2, 0) is 13.2 Å². The van der Waals surface area contributed by atoms with Gasteiger partial charge >= 0.3 is 0 Å². The number of likely N-dealkylation sites (tertiary alicyclic amines) is 1. The number of β-amino-alcohol motifs (C(OH)–C–C–N with tert-alkyl or cyclic N) is 1. The van der Waals surface area contributed by atoms with Gasteiger partial charge in [-0.05, 0) is 36.2 Å². The van der Waals surface area contributed by atoms with Crippen LogP contribution in [0, 0.1) is 11.6 Å². The van der Waals surface area contributed by atoms with Crippen molar-refractivity contribution >= 4 is 0 Å². The number of ether oxygens (including phenoxy) is 1. The van der Waals surface area contributed by atoms with E-state index in [1.807, 2.05) is 23.1 Å². The zero-order chi connectivity index (χ0) is 17.8. The van der Waals surface area contributed by atoms with Crippen molar-refractivity contribution in [3.8, 4) is 5.75 Å². The van der Waals surface area contributed by atoms with Gasteiger partial charge in [0.1, 0.15) is 24.0 Å². The predicted octanol–water partition coefficient (Wildman–Crippen LogP) is 2.47. The maximum Gasteiger partial charge on any atom is 0.132 e. The Morgan fingerprint density at radius 2 is 2.00 bits per heavy atom. The standard InChI is InChI=1S/C19H21F2NO3/c20-15-5-4-14(19(21)7-15)12-25-18-3-1-2-13(6-18)9-22-10-17(24)8-16(22)11-23/h1-7,16-17,23-24H,8-12H2. The zero-order valence-corrected chi connectivity index (χ0v) is 13.7. The summed E-state index contributed by atoms with van der Waals surface area (Å²) in [6.45, 7) is 1.13. The first-order valence-corrected chi connectivity index (χ1v) is 8.24. The predicted molar refractivity (Wildman–Crippen MR) is 89.0 cm³/mol. The monoisotopic (exact) mass is 349 g/mol. The lowest BCUT2D eigenvalue weighted by atomic mass is 10.1.